The van der Waals surface area contributed by atoms with Gasteiger partial charge in [0.25, 0.3) is 0 Å². The van der Waals surface area contributed by atoms with Crippen LogP contribution in [0.1, 0.15) is 24.5 Å². The van der Waals surface area contributed by atoms with Gasteiger partial charge in [0.2, 0.25) is 5.91 Å². The third-order valence-electron chi connectivity index (χ3n) is 3.71. The Morgan fingerprint density at radius 1 is 1.26 bits per heavy atom. The van der Waals surface area contributed by atoms with E-state index in [0.717, 1.165) is 12.8 Å². The van der Waals surface area contributed by atoms with Crippen molar-refractivity contribution in [1.29, 1.82) is 0 Å². The molecule has 1 fully saturated rings. The van der Waals surface area contributed by atoms with Crippen molar-refractivity contribution in [3.63, 3.8) is 0 Å². The van der Waals surface area contributed by atoms with Crippen LogP contribution in [0, 0.1) is 5.92 Å². The maximum Gasteiger partial charge on any atom is 0.418 e. The predicted octanol–water partition coefficient (Wildman–Crippen LogP) is 2.85. The zero-order chi connectivity index (χ0) is 16.7. The summed E-state index contributed by atoms with van der Waals surface area (Å²) in [6.45, 7) is 1.12. The van der Waals surface area contributed by atoms with Gasteiger partial charge in [-0.2, -0.15) is 13.2 Å². The summed E-state index contributed by atoms with van der Waals surface area (Å²) < 4.78 is 49.2. The second kappa shape index (κ2) is 8.31. The number of ether oxygens (including phenoxy) is 2. The van der Waals surface area contributed by atoms with E-state index in [1.54, 1.807) is 6.07 Å². The van der Waals surface area contributed by atoms with Gasteiger partial charge in [-0.3, -0.25) is 4.79 Å². The zero-order valence-corrected chi connectivity index (χ0v) is 12.6. The first-order chi connectivity index (χ1) is 11.0. The number of benzene rings is 1. The lowest BCUT2D eigenvalue weighted by molar-refractivity contribution is -0.223. The molecule has 0 aliphatic carbocycles. The minimum Gasteiger partial charge on any atom is -0.381 e. The fourth-order valence-corrected chi connectivity index (χ4v) is 2.43. The average Bonchev–Trinajstić information content (AvgIpc) is 2.54. The van der Waals surface area contributed by atoms with E-state index in [4.69, 9.17) is 9.47 Å². The lowest BCUT2D eigenvalue weighted by Crippen LogP contribution is -2.36. The molecule has 4 nitrogen and oxygen atoms in total. The minimum atomic E-state index is -4.57. The van der Waals surface area contributed by atoms with Gasteiger partial charge >= 0.3 is 6.18 Å². The van der Waals surface area contributed by atoms with E-state index in [-0.39, 0.29) is 5.56 Å². The molecule has 1 aliphatic heterocycles. The zero-order valence-electron chi connectivity index (χ0n) is 12.6. The van der Waals surface area contributed by atoms with Crippen LogP contribution in [-0.2, 0) is 14.3 Å². The number of alkyl halides is 3. The molecule has 1 aromatic carbocycles. The van der Waals surface area contributed by atoms with E-state index < -0.39 is 24.8 Å². The lowest BCUT2D eigenvalue weighted by atomic mass is 10.0. The molecule has 1 unspecified atom stereocenters. The van der Waals surface area contributed by atoms with Gasteiger partial charge in [-0.25, -0.2) is 0 Å². The quantitative estimate of drug-likeness (QED) is 0.872. The highest BCUT2D eigenvalue weighted by molar-refractivity contribution is 5.77. The van der Waals surface area contributed by atoms with E-state index in [1.807, 2.05) is 0 Å². The first kappa shape index (κ1) is 17.7. The third-order valence-corrected chi connectivity index (χ3v) is 3.71. The van der Waals surface area contributed by atoms with Gasteiger partial charge in [-0.15, -0.1) is 0 Å². The van der Waals surface area contributed by atoms with Crippen molar-refractivity contribution < 1.29 is 27.4 Å². The summed E-state index contributed by atoms with van der Waals surface area (Å²) in [5.41, 5.74) is -0.0165. The molecule has 0 aromatic heterocycles. The Morgan fingerprint density at radius 3 is 2.52 bits per heavy atom. The van der Waals surface area contributed by atoms with E-state index in [9.17, 15) is 18.0 Å². The second-order valence-electron chi connectivity index (χ2n) is 5.50. The topological polar surface area (TPSA) is 47.6 Å². The Balaban J connectivity index is 1.82. The second-order valence-corrected chi connectivity index (χ2v) is 5.50. The fraction of sp³-hybridized carbons (Fsp3) is 0.562. The number of rotatable bonds is 6. The lowest BCUT2D eigenvalue weighted by Gasteiger charge is -2.23. The average molecular weight is 331 g/mol. The van der Waals surface area contributed by atoms with Crippen LogP contribution in [-0.4, -0.2) is 38.4 Å². The summed E-state index contributed by atoms with van der Waals surface area (Å²) in [6, 6.07) is 7.29. The van der Waals surface area contributed by atoms with Gasteiger partial charge in [0, 0.05) is 19.8 Å². The van der Waals surface area contributed by atoms with Gasteiger partial charge in [0.15, 0.2) is 6.10 Å². The van der Waals surface area contributed by atoms with E-state index in [2.05, 4.69) is 5.32 Å². The maximum absolute atomic E-state index is 13.1. The van der Waals surface area contributed by atoms with E-state index >= 15 is 0 Å². The molecule has 1 aromatic rings. The van der Waals surface area contributed by atoms with Gasteiger partial charge in [0.1, 0.15) is 6.61 Å². The normalized spacial score (nSPS) is 17.7. The van der Waals surface area contributed by atoms with Crippen LogP contribution in [0.5, 0.6) is 0 Å². The summed E-state index contributed by atoms with van der Waals surface area (Å²) in [5.74, 6) is -0.234. The maximum atomic E-state index is 13.1. The summed E-state index contributed by atoms with van der Waals surface area (Å²) in [6.07, 6.45) is -4.98. The van der Waals surface area contributed by atoms with Gasteiger partial charge in [0.05, 0.1) is 0 Å². The van der Waals surface area contributed by atoms with Crippen molar-refractivity contribution in [2.24, 2.45) is 5.92 Å². The summed E-state index contributed by atoms with van der Waals surface area (Å²) >= 11 is 0. The molecule has 128 valence electrons. The van der Waals surface area contributed by atoms with Gasteiger partial charge < -0.3 is 14.8 Å². The molecule has 23 heavy (non-hydrogen) atoms. The number of nitrogens with one attached hydrogen (secondary N) is 1. The van der Waals surface area contributed by atoms with Crippen molar-refractivity contribution in [3.8, 4) is 0 Å². The fourth-order valence-electron chi connectivity index (χ4n) is 2.43. The molecule has 0 saturated carbocycles. The number of carbonyl (C=O) groups excluding carboxylic acids is 1. The Bertz CT molecular complexity index is 487. The van der Waals surface area contributed by atoms with Crippen molar-refractivity contribution in [2.45, 2.75) is 25.1 Å². The SMILES string of the molecule is O=C(COC(c1ccccc1)C(F)(F)F)NCC1CCOCC1. The van der Waals surface area contributed by atoms with Crippen LogP contribution < -0.4 is 5.32 Å². The largest absolute Gasteiger partial charge is 0.418 e. The smallest absolute Gasteiger partial charge is 0.381 e. The van der Waals surface area contributed by atoms with Crippen LogP contribution >= 0.6 is 0 Å². The van der Waals surface area contributed by atoms with Crippen molar-refractivity contribution in [3.05, 3.63) is 35.9 Å². The van der Waals surface area contributed by atoms with Crippen LogP contribution in [0.4, 0.5) is 13.2 Å². The van der Waals surface area contributed by atoms with E-state index in [1.165, 1.54) is 24.3 Å². The Kier molecular flexibility index (Phi) is 6.41. The summed E-state index contributed by atoms with van der Waals surface area (Å²) in [7, 11) is 0. The third kappa shape index (κ3) is 5.84. The highest BCUT2D eigenvalue weighted by Crippen LogP contribution is 2.35. The number of hydrogen-bond donors (Lipinski definition) is 1. The van der Waals surface area contributed by atoms with Crippen LogP contribution in [0.15, 0.2) is 30.3 Å². The van der Waals surface area contributed by atoms with Crippen LogP contribution in [0.2, 0.25) is 0 Å². The molecular weight excluding hydrogens is 311 g/mol. The molecule has 1 saturated heterocycles. The molecule has 0 spiro atoms. The highest BCUT2D eigenvalue weighted by atomic mass is 19.4. The molecule has 1 heterocycles. The molecule has 1 amide bonds. The van der Waals surface area contributed by atoms with Gasteiger partial charge in [-0.1, -0.05) is 30.3 Å². The first-order valence-electron chi connectivity index (χ1n) is 7.54. The number of halogens is 3. The molecule has 2 rings (SSSR count). The molecule has 0 bridgehead atoms. The first-order valence-corrected chi connectivity index (χ1v) is 7.54. The van der Waals surface area contributed by atoms with Crippen molar-refractivity contribution in [1.82, 2.24) is 5.32 Å². The molecular formula is C16H20F3NO3. The Morgan fingerprint density at radius 2 is 1.91 bits per heavy atom. The molecule has 7 heteroatoms. The van der Waals surface area contributed by atoms with Crippen LogP contribution in [0.3, 0.4) is 0 Å². The van der Waals surface area contributed by atoms with E-state index in [0.29, 0.717) is 25.7 Å². The summed E-state index contributed by atoms with van der Waals surface area (Å²) in [4.78, 5) is 11.7. The molecule has 0 radical (unpaired) electrons. The number of carbonyl (C=O) groups is 1. The minimum absolute atomic E-state index is 0.0165. The molecule has 1 atom stereocenters. The Hall–Kier alpha value is -1.60. The van der Waals surface area contributed by atoms with Crippen molar-refractivity contribution in [2.75, 3.05) is 26.4 Å². The number of amides is 1. The number of hydrogen-bond acceptors (Lipinski definition) is 3. The summed E-state index contributed by atoms with van der Waals surface area (Å²) in [5, 5.41) is 2.62. The monoisotopic (exact) mass is 331 g/mol. The van der Waals surface area contributed by atoms with Crippen molar-refractivity contribution >= 4 is 5.91 Å². The highest BCUT2D eigenvalue weighted by Gasteiger charge is 2.42. The predicted molar refractivity (Wildman–Crippen MR) is 77.7 cm³/mol. The molecule has 1 N–H and O–H groups in total. The standard InChI is InChI=1S/C16H20F3NO3/c17-16(18,19)15(13-4-2-1-3-5-13)23-11-14(21)20-10-12-6-8-22-9-7-12/h1-5,12,15H,6-11H2,(H,20,21). The molecule has 1 aliphatic rings. The Labute approximate surface area is 133 Å². The van der Waals surface area contributed by atoms with Crippen LogP contribution in [0.25, 0.3) is 0 Å². The van der Waals surface area contributed by atoms with Gasteiger partial charge in [-0.05, 0) is 24.3 Å².